The van der Waals surface area contributed by atoms with Gasteiger partial charge in [0.05, 0.1) is 6.61 Å². The van der Waals surface area contributed by atoms with E-state index in [9.17, 15) is 5.11 Å². The van der Waals surface area contributed by atoms with Crippen LogP contribution in [-0.4, -0.2) is 31.3 Å². The van der Waals surface area contributed by atoms with Crippen molar-refractivity contribution in [3.05, 3.63) is 29.8 Å². The molecule has 1 rings (SSSR count). The van der Waals surface area contributed by atoms with Gasteiger partial charge in [0, 0.05) is 24.8 Å². The monoisotopic (exact) mass is 264 g/mol. The van der Waals surface area contributed by atoms with Crippen LogP contribution in [-0.2, 0) is 0 Å². The van der Waals surface area contributed by atoms with Gasteiger partial charge in [-0.05, 0) is 37.9 Å². The maximum atomic E-state index is 9.24. The van der Waals surface area contributed by atoms with Gasteiger partial charge in [-0.2, -0.15) is 0 Å². The smallest absolute Gasteiger partial charge is 0.0606 e. The molecule has 0 heterocycles. The molecule has 1 aromatic rings. The molecule has 19 heavy (non-hydrogen) atoms. The molecule has 2 N–H and O–H groups in total. The van der Waals surface area contributed by atoms with Gasteiger partial charge in [0.2, 0.25) is 0 Å². The molecule has 0 radical (unpaired) electrons. The number of aliphatic hydroxyl groups is 1. The normalized spacial score (nSPS) is 12.4. The van der Waals surface area contributed by atoms with Crippen molar-refractivity contribution in [1.82, 2.24) is 5.32 Å². The first-order chi connectivity index (χ1) is 9.24. The highest BCUT2D eigenvalue weighted by Crippen LogP contribution is 2.26. The second-order valence-corrected chi connectivity index (χ2v) is 4.95. The van der Waals surface area contributed by atoms with Crippen LogP contribution >= 0.6 is 0 Å². The predicted octanol–water partition coefficient (Wildman–Crippen LogP) is 2.96. The van der Waals surface area contributed by atoms with Crippen LogP contribution < -0.4 is 10.2 Å². The average Bonchev–Trinajstić information content (AvgIpc) is 2.44. The Bertz CT molecular complexity index is 348. The first-order valence-electron chi connectivity index (χ1n) is 7.42. The number of anilines is 1. The number of hydrogen-bond acceptors (Lipinski definition) is 3. The maximum absolute atomic E-state index is 9.24. The van der Waals surface area contributed by atoms with Crippen LogP contribution in [0.4, 0.5) is 5.69 Å². The van der Waals surface area contributed by atoms with Crippen LogP contribution in [0.25, 0.3) is 0 Å². The molecule has 3 heteroatoms. The number of nitrogens with zero attached hydrogens (tertiary/aromatic N) is 1. The van der Waals surface area contributed by atoms with Crippen LogP contribution in [0.2, 0.25) is 0 Å². The molecule has 0 fully saturated rings. The Morgan fingerprint density at radius 2 is 1.89 bits per heavy atom. The average molecular weight is 264 g/mol. The van der Waals surface area contributed by atoms with Gasteiger partial charge in [-0.15, -0.1) is 0 Å². The molecular weight excluding hydrogens is 236 g/mol. The molecule has 0 saturated carbocycles. The van der Waals surface area contributed by atoms with Crippen LogP contribution in [0.1, 0.15) is 45.2 Å². The van der Waals surface area contributed by atoms with Crippen molar-refractivity contribution in [2.75, 3.05) is 31.1 Å². The molecule has 0 aliphatic heterocycles. The Morgan fingerprint density at radius 1 is 1.16 bits per heavy atom. The summed E-state index contributed by atoms with van der Waals surface area (Å²) in [5.41, 5.74) is 2.56. The third kappa shape index (κ3) is 4.84. The first-order valence-corrected chi connectivity index (χ1v) is 7.42. The zero-order valence-corrected chi connectivity index (χ0v) is 12.5. The van der Waals surface area contributed by atoms with E-state index in [1.165, 1.54) is 11.3 Å². The Kier molecular flexibility index (Phi) is 7.53. The molecule has 0 aliphatic carbocycles. The predicted molar refractivity (Wildman–Crippen MR) is 82.7 cm³/mol. The van der Waals surface area contributed by atoms with Gasteiger partial charge in [0.1, 0.15) is 0 Å². The summed E-state index contributed by atoms with van der Waals surface area (Å²) in [7, 11) is 0. The number of nitrogens with one attached hydrogen (secondary N) is 1. The highest BCUT2D eigenvalue weighted by Gasteiger charge is 2.14. The molecule has 0 bridgehead atoms. The zero-order chi connectivity index (χ0) is 14.1. The molecule has 1 unspecified atom stereocenters. The number of para-hydroxylation sites is 1. The quantitative estimate of drug-likeness (QED) is 0.720. The third-order valence-corrected chi connectivity index (χ3v) is 3.31. The SMILES string of the molecule is CCCNC(C)c1ccccc1N(CCC)CCO. The summed E-state index contributed by atoms with van der Waals surface area (Å²) >= 11 is 0. The molecule has 0 saturated heterocycles. The van der Waals surface area contributed by atoms with E-state index in [0.29, 0.717) is 12.6 Å². The van der Waals surface area contributed by atoms with Gasteiger partial charge in [-0.3, -0.25) is 0 Å². The van der Waals surface area contributed by atoms with Crippen LogP contribution in [0.5, 0.6) is 0 Å². The minimum atomic E-state index is 0.200. The van der Waals surface area contributed by atoms with Gasteiger partial charge in [-0.1, -0.05) is 32.0 Å². The van der Waals surface area contributed by atoms with E-state index >= 15 is 0 Å². The van der Waals surface area contributed by atoms with Crippen molar-refractivity contribution < 1.29 is 5.11 Å². The van der Waals surface area contributed by atoms with Gasteiger partial charge in [0.15, 0.2) is 0 Å². The number of rotatable bonds is 9. The summed E-state index contributed by atoms with van der Waals surface area (Å²) in [4.78, 5) is 2.28. The van der Waals surface area contributed by atoms with E-state index in [-0.39, 0.29) is 6.61 Å². The highest BCUT2D eigenvalue weighted by molar-refractivity contribution is 5.55. The summed E-state index contributed by atoms with van der Waals surface area (Å²) in [5, 5.41) is 12.8. The number of hydrogen-bond donors (Lipinski definition) is 2. The Morgan fingerprint density at radius 3 is 2.53 bits per heavy atom. The maximum Gasteiger partial charge on any atom is 0.0606 e. The lowest BCUT2D eigenvalue weighted by Crippen LogP contribution is -2.30. The molecule has 0 spiro atoms. The standard InChI is InChI=1S/C16H28N2O/c1-4-10-17-14(3)15-8-6-7-9-16(15)18(11-5-2)12-13-19/h6-9,14,17,19H,4-5,10-13H2,1-3H3. The summed E-state index contributed by atoms with van der Waals surface area (Å²) in [5.74, 6) is 0. The molecule has 3 nitrogen and oxygen atoms in total. The summed E-state index contributed by atoms with van der Waals surface area (Å²) in [6.07, 6.45) is 2.23. The minimum Gasteiger partial charge on any atom is -0.395 e. The van der Waals surface area contributed by atoms with Crippen LogP contribution in [0, 0.1) is 0 Å². The Balaban J connectivity index is 2.91. The lowest BCUT2D eigenvalue weighted by Gasteiger charge is -2.28. The molecular formula is C16H28N2O. The third-order valence-electron chi connectivity index (χ3n) is 3.31. The molecule has 108 valence electrons. The minimum absolute atomic E-state index is 0.200. The van der Waals surface area contributed by atoms with E-state index < -0.39 is 0 Å². The van der Waals surface area contributed by atoms with Gasteiger partial charge in [0.25, 0.3) is 0 Å². The van der Waals surface area contributed by atoms with Crippen molar-refractivity contribution in [1.29, 1.82) is 0 Å². The van der Waals surface area contributed by atoms with Gasteiger partial charge in [-0.25, -0.2) is 0 Å². The van der Waals surface area contributed by atoms with Gasteiger partial charge >= 0.3 is 0 Å². The fraction of sp³-hybridized carbons (Fsp3) is 0.625. The van der Waals surface area contributed by atoms with E-state index in [1.54, 1.807) is 0 Å². The molecule has 0 aliphatic rings. The molecule has 0 amide bonds. The van der Waals surface area contributed by atoms with Crippen molar-refractivity contribution in [2.24, 2.45) is 0 Å². The molecule has 1 aromatic carbocycles. The van der Waals surface area contributed by atoms with Crippen molar-refractivity contribution in [3.63, 3.8) is 0 Å². The fourth-order valence-corrected chi connectivity index (χ4v) is 2.36. The number of benzene rings is 1. The summed E-state index contributed by atoms with van der Waals surface area (Å²) < 4.78 is 0. The van der Waals surface area contributed by atoms with Crippen molar-refractivity contribution in [2.45, 2.75) is 39.7 Å². The fourth-order valence-electron chi connectivity index (χ4n) is 2.36. The summed E-state index contributed by atoms with van der Waals surface area (Å²) in [6, 6.07) is 8.85. The number of aliphatic hydroxyl groups excluding tert-OH is 1. The largest absolute Gasteiger partial charge is 0.395 e. The van der Waals surface area contributed by atoms with Gasteiger partial charge < -0.3 is 15.3 Å². The first kappa shape index (κ1) is 16.0. The van der Waals surface area contributed by atoms with E-state index in [4.69, 9.17) is 0 Å². The zero-order valence-electron chi connectivity index (χ0n) is 12.5. The second-order valence-electron chi connectivity index (χ2n) is 4.95. The van der Waals surface area contributed by atoms with E-state index in [2.05, 4.69) is 55.3 Å². The molecule has 1 atom stereocenters. The lowest BCUT2D eigenvalue weighted by atomic mass is 10.0. The van der Waals surface area contributed by atoms with E-state index in [1.807, 2.05) is 0 Å². The van der Waals surface area contributed by atoms with Crippen molar-refractivity contribution in [3.8, 4) is 0 Å². The van der Waals surface area contributed by atoms with Crippen molar-refractivity contribution >= 4 is 5.69 Å². The summed E-state index contributed by atoms with van der Waals surface area (Å²) in [6.45, 7) is 9.47. The lowest BCUT2D eigenvalue weighted by molar-refractivity contribution is 0.301. The van der Waals surface area contributed by atoms with E-state index in [0.717, 1.165) is 25.9 Å². The highest BCUT2D eigenvalue weighted by atomic mass is 16.3. The Hall–Kier alpha value is -1.06. The molecule has 0 aromatic heterocycles. The Labute approximate surface area is 117 Å². The topological polar surface area (TPSA) is 35.5 Å². The van der Waals surface area contributed by atoms with Crippen LogP contribution in [0.15, 0.2) is 24.3 Å². The van der Waals surface area contributed by atoms with Crippen LogP contribution in [0.3, 0.4) is 0 Å². The second kappa shape index (κ2) is 8.94.